The molecule has 0 aliphatic carbocycles. The number of esters is 1. The fourth-order valence-corrected chi connectivity index (χ4v) is 1.10. The summed E-state index contributed by atoms with van der Waals surface area (Å²) in [5.41, 5.74) is -3.94. The molecule has 0 bridgehead atoms. The Morgan fingerprint density at radius 1 is 1.50 bits per heavy atom. The molecule has 0 radical (unpaired) electrons. The predicted molar refractivity (Wildman–Crippen MR) is 34.0 cm³/mol. The molecule has 1 aliphatic rings. The molecule has 5 nitrogen and oxygen atoms in total. The van der Waals surface area contributed by atoms with Gasteiger partial charge in [0.15, 0.2) is 6.10 Å². The van der Waals surface area contributed by atoms with Crippen LogP contribution in [0.1, 0.15) is 0 Å². The second kappa shape index (κ2) is 3.07. The van der Waals surface area contributed by atoms with E-state index in [4.69, 9.17) is 15.3 Å². The summed E-state index contributed by atoms with van der Waals surface area (Å²) < 4.78 is 40.4. The molecule has 0 aromatic rings. The molecule has 3 N–H and O–H groups in total. The molecule has 1 saturated heterocycles. The summed E-state index contributed by atoms with van der Waals surface area (Å²) in [5.74, 6) is -2.00. The number of carbonyl (C=O) groups is 1. The third kappa shape index (κ3) is 1.26. The highest BCUT2D eigenvalue weighted by Gasteiger charge is 2.71. The van der Waals surface area contributed by atoms with Crippen LogP contribution in [0.5, 0.6) is 0 Å². The van der Waals surface area contributed by atoms with Crippen molar-refractivity contribution in [2.24, 2.45) is 0 Å². The van der Waals surface area contributed by atoms with Crippen molar-refractivity contribution in [2.45, 2.75) is 24.0 Å². The van der Waals surface area contributed by atoms with E-state index in [1.54, 1.807) is 0 Å². The van der Waals surface area contributed by atoms with E-state index in [-0.39, 0.29) is 0 Å². The van der Waals surface area contributed by atoms with Gasteiger partial charge in [0.2, 0.25) is 0 Å². The second-order valence-electron chi connectivity index (χ2n) is 2.84. The highest BCUT2D eigenvalue weighted by Crippen LogP contribution is 2.40. The maximum atomic E-state index is 12.2. The number of aliphatic hydroxyl groups excluding tert-OH is 2. The maximum absolute atomic E-state index is 12.2. The number of carbonyl (C=O) groups excluding carboxylic acids is 1. The average molecular weight is 216 g/mol. The molecule has 0 aromatic carbocycles. The van der Waals surface area contributed by atoms with Crippen LogP contribution in [0.3, 0.4) is 0 Å². The van der Waals surface area contributed by atoms with Gasteiger partial charge < -0.3 is 20.1 Å². The van der Waals surface area contributed by atoms with Gasteiger partial charge in [-0.2, -0.15) is 13.2 Å². The van der Waals surface area contributed by atoms with Crippen molar-refractivity contribution in [2.75, 3.05) is 6.61 Å². The predicted octanol–water partition coefficient (Wildman–Crippen LogP) is -1.44. The van der Waals surface area contributed by atoms with Gasteiger partial charge in [0.05, 0.1) is 6.61 Å². The molecule has 0 spiro atoms. The van der Waals surface area contributed by atoms with Crippen molar-refractivity contribution in [1.29, 1.82) is 0 Å². The summed E-state index contributed by atoms with van der Waals surface area (Å²) >= 11 is 0. The van der Waals surface area contributed by atoms with Crippen LogP contribution in [0.15, 0.2) is 0 Å². The van der Waals surface area contributed by atoms with Gasteiger partial charge >= 0.3 is 12.1 Å². The molecule has 0 amide bonds. The number of rotatable bonds is 1. The van der Waals surface area contributed by atoms with Crippen LogP contribution in [0.25, 0.3) is 0 Å². The number of cyclic esters (lactones) is 1. The van der Waals surface area contributed by atoms with Gasteiger partial charge in [-0.1, -0.05) is 0 Å². The van der Waals surface area contributed by atoms with Crippen LogP contribution in [-0.2, 0) is 9.53 Å². The van der Waals surface area contributed by atoms with E-state index in [2.05, 4.69) is 4.74 Å². The first kappa shape index (κ1) is 11.2. The normalized spacial score (nSPS) is 38.6. The summed E-state index contributed by atoms with van der Waals surface area (Å²) in [5, 5.41) is 26.3. The molecule has 8 heteroatoms. The van der Waals surface area contributed by atoms with Gasteiger partial charge in [-0.15, -0.1) is 0 Å². The molecular formula is C6H7F3O5. The van der Waals surface area contributed by atoms with Crippen molar-refractivity contribution < 1.29 is 38.0 Å². The summed E-state index contributed by atoms with van der Waals surface area (Å²) in [6, 6.07) is 0. The Labute approximate surface area is 75.7 Å². The third-order valence-electron chi connectivity index (χ3n) is 1.96. The lowest BCUT2D eigenvalue weighted by Gasteiger charge is -2.24. The minimum atomic E-state index is -5.34. The van der Waals surface area contributed by atoms with E-state index >= 15 is 0 Å². The van der Waals surface area contributed by atoms with Gasteiger partial charge in [0.1, 0.15) is 6.10 Å². The standard InChI is InChI=1S/C6H7F3O5/c7-6(8,9)5(13)3(11)2(1-10)14-4(5)12/h2-3,10-11,13H,1H2/t2-,3-,5-/m1/s1. The molecule has 1 aliphatic heterocycles. The monoisotopic (exact) mass is 216 g/mol. The minimum Gasteiger partial charge on any atom is -0.455 e. The summed E-state index contributed by atoms with van der Waals surface area (Å²) in [7, 11) is 0. The molecule has 3 atom stereocenters. The Morgan fingerprint density at radius 2 is 2.00 bits per heavy atom. The Balaban J connectivity index is 3.05. The fraction of sp³-hybridized carbons (Fsp3) is 0.833. The lowest BCUT2D eigenvalue weighted by Crippen LogP contribution is -2.57. The van der Waals surface area contributed by atoms with Gasteiger partial charge in [0.25, 0.3) is 5.60 Å². The first-order valence-electron chi connectivity index (χ1n) is 3.54. The van der Waals surface area contributed by atoms with E-state index in [1.807, 2.05) is 0 Å². The highest BCUT2D eigenvalue weighted by atomic mass is 19.4. The number of hydrogen-bond acceptors (Lipinski definition) is 5. The van der Waals surface area contributed by atoms with Crippen molar-refractivity contribution in [1.82, 2.24) is 0 Å². The molecule has 0 aromatic heterocycles. The number of halogens is 3. The smallest absolute Gasteiger partial charge is 0.430 e. The van der Waals surface area contributed by atoms with Crippen molar-refractivity contribution >= 4 is 5.97 Å². The maximum Gasteiger partial charge on any atom is 0.430 e. The fourth-order valence-electron chi connectivity index (χ4n) is 1.10. The Kier molecular flexibility index (Phi) is 2.46. The van der Waals surface area contributed by atoms with Crippen molar-refractivity contribution in [3.05, 3.63) is 0 Å². The van der Waals surface area contributed by atoms with Crippen LogP contribution in [-0.4, -0.2) is 51.9 Å². The van der Waals surface area contributed by atoms with Crippen molar-refractivity contribution in [3.8, 4) is 0 Å². The number of hydrogen-bond donors (Lipinski definition) is 3. The molecule has 0 unspecified atom stereocenters. The zero-order valence-electron chi connectivity index (χ0n) is 6.65. The average Bonchev–Trinajstić information content (AvgIpc) is 2.29. The zero-order valence-corrected chi connectivity index (χ0v) is 6.65. The lowest BCUT2D eigenvalue weighted by atomic mass is 9.95. The van der Waals surface area contributed by atoms with Gasteiger partial charge in [-0.25, -0.2) is 4.79 Å². The van der Waals surface area contributed by atoms with E-state index < -0.39 is 36.6 Å². The molecule has 1 rings (SSSR count). The highest BCUT2D eigenvalue weighted by molar-refractivity contribution is 5.83. The quantitative estimate of drug-likeness (QED) is 0.467. The van der Waals surface area contributed by atoms with Crippen LogP contribution >= 0.6 is 0 Å². The molecule has 82 valence electrons. The summed E-state index contributed by atoms with van der Waals surface area (Å²) in [4.78, 5) is 10.7. The van der Waals surface area contributed by atoms with E-state index in [1.165, 1.54) is 0 Å². The third-order valence-corrected chi connectivity index (χ3v) is 1.96. The largest absolute Gasteiger partial charge is 0.455 e. The van der Waals surface area contributed by atoms with E-state index in [0.717, 1.165) is 0 Å². The van der Waals surface area contributed by atoms with Crippen LogP contribution in [0.4, 0.5) is 13.2 Å². The topological polar surface area (TPSA) is 87.0 Å². The first-order chi connectivity index (χ1) is 6.25. The number of alkyl halides is 3. The summed E-state index contributed by atoms with van der Waals surface area (Å²) in [6.07, 6.45) is -9.61. The van der Waals surface area contributed by atoms with E-state index in [9.17, 15) is 18.0 Å². The van der Waals surface area contributed by atoms with Gasteiger partial charge in [-0.3, -0.25) is 0 Å². The SMILES string of the molecule is O=C1O[C@H](CO)[C@@H](O)[C@]1(O)C(F)(F)F. The molecule has 14 heavy (non-hydrogen) atoms. The van der Waals surface area contributed by atoms with Gasteiger partial charge in [-0.05, 0) is 0 Å². The molecule has 0 saturated carbocycles. The second-order valence-corrected chi connectivity index (χ2v) is 2.84. The van der Waals surface area contributed by atoms with E-state index in [0.29, 0.717) is 0 Å². The Morgan fingerprint density at radius 3 is 2.21 bits per heavy atom. The van der Waals surface area contributed by atoms with Crippen molar-refractivity contribution in [3.63, 3.8) is 0 Å². The van der Waals surface area contributed by atoms with Crippen LogP contribution < -0.4 is 0 Å². The Hall–Kier alpha value is -0.860. The Bertz CT molecular complexity index is 252. The number of ether oxygens (including phenoxy) is 1. The summed E-state index contributed by atoms with van der Waals surface area (Å²) in [6.45, 7) is -0.995. The molecule has 1 fully saturated rings. The molecular weight excluding hydrogens is 209 g/mol. The van der Waals surface area contributed by atoms with Crippen LogP contribution in [0.2, 0.25) is 0 Å². The zero-order chi connectivity index (χ0) is 11.1. The minimum absolute atomic E-state index is 0.995. The number of aliphatic hydroxyl groups is 3. The lowest BCUT2D eigenvalue weighted by molar-refractivity contribution is -0.271. The first-order valence-corrected chi connectivity index (χ1v) is 3.54. The molecule has 1 heterocycles. The van der Waals surface area contributed by atoms with Crippen LogP contribution in [0, 0.1) is 0 Å². The van der Waals surface area contributed by atoms with Gasteiger partial charge in [0, 0.05) is 0 Å².